The van der Waals surface area contributed by atoms with Gasteiger partial charge < -0.3 is 9.84 Å². The van der Waals surface area contributed by atoms with Gasteiger partial charge in [0.1, 0.15) is 5.76 Å². The maximum Gasteiger partial charge on any atom is 0.300 e. The van der Waals surface area contributed by atoms with Gasteiger partial charge in [0.15, 0.2) is 5.60 Å². The molecular formula is C16H17O3W-. The zero-order valence-corrected chi connectivity index (χ0v) is 14.4. The standard InChI is InChI=1S/C16H17O3.W/c1-11-7-3-4-8-12(11)13-14(17)16(19-15(13)18)9-5-2-6-10-16;/h3-4,7,17H,2,5-6,9-10H2,1H3;/q-1;. The molecule has 1 aromatic rings. The number of carbonyl (C=O) groups is 1. The van der Waals surface area contributed by atoms with Gasteiger partial charge in [-0.3, -0.25) is 4.79 Å². The first-order valence-corrected chi connectivity index (χ1v) is 6.79. The second-order valence-corrected chi connectivity index (χ2v) is 5.40. The van der Waals surface area contributed by atoms with Gasteiger partial charge >= 0.3 is 0 Å². The Labute approximate surface area is 133 Å². The molecule has 20 heavy (non-hydrogen) atoms. The third-order valence-electron chi connectivity index (χ3n) is 4.14. The van der Waals surface area contributed by atoms with E-state index in [1.807, 2.05) is 19.1 Å². The van der Waals surface area contributed by atoms with E-state index in [9.17, 15) is 9.90 Å². The molecule has 1 N–H and O–H groups in total. The first-order chi connectivity index (χ1) is 9.14. The summed E-state index contributed by atoms with van der Waals surface area (Å²) in [5, 5.41) is 10.5. The van der Waals surface area contributed by atoms with E-state index in [1.54, 1.807) is 6.07 Å². The molecule has 0 bridgehead atoms. The molecule has 1 heterocycles. The van der Waals surface area contributed by atoms with Gasteiger partial charge in [0.2, 0.25) is 0 Å². The summed E-state index contributed by atoms with van der Waals surface area (Å²) in [6, 6.07) is 8.57. The van der Waals surface area contributed by atoms with Crippen LogP contribution in [0.2, 0.25) is 0 Å². The van der Waals surface area contributed by atoms with Crippen LogP contribution in [0, 0.1) is 13.0 Å². The Kier molecular flexibility index (Phi) is 4.39. The number of ether oxygens (including phenoxy) is 1. The van der Waals surface area contributed by atoms with Gasteiger partial charge in [-0.15, -0.1) is 35.4 Å². The molecule has 1 aromatic carbocycles. The maximum atomic E-state index is 12.2. The van der Waals surface area contributed by atoms with E-state index in [4.69, 9.17) is 4.74 Å². The van der Waals surface area contributed by atoms with Crippen molar-refractivity contribution in [3.05, 3.63) is 41.2 Å². The smallest absolute Gasteiger partial charge is 0.300 e. The minimum Gasteiger partial charge on any atom is -0.517 e. The molecule has 4 heteroatoms. The molecule has 3 rings (SSSR count). The molecule has 3 nitrogen and oxygen atoms in total. The zero-order valence-electron chi connectivity index (χ0n) is 11.4. The van der Waals surface area contributed by atoms with Crippen LogP contribution in [0.1, 0.15) is 43.2 Å². The summed E-state index contributed by atoms with van der Waals surface area (Å²) < 4.78 is 5.54. The van der Waals surface area contributed by atoms with E-state index >= 15 is 0 Å². The van der Waals surface area contributed by atoms with Crippen molar-refractivity contribution < 1.29 is 35.7 Å². The number of aliphatic hydroxyl groups excluding tert-OH is 1. The summed E-state index contributed by atoms with van der Waals surface area (Å²) in [7, 11) is 0. The largest absolute Gasteiger partial charge is 0.517 e. The summed E-state index contributed by atoms with van der Waals surface area (Å²) in [5.74, 6) is -0.298. The number of hydrogen-bond acceptors (Lipinski definition) is 3. The molecule has 0 aromatic heterocycles. The summed E-state index contributed by atoms with van der Waals surface area (Å²) in [5.41, 5.74) is 1.13. The van der Waals surface area contributed by atoms with Crippen LogP contribution in [-0.4, -0.2) is 16.7 Å². The quantitative estimate of drug-likeness (QED) is 0.538. The van der Waals surface area contributed by atoms with Crippen LogP contribution >= 0.6 is 0 Å². The topological polar surface area (TPSA) is 46.5 Å². The normalized spacial score (nSPS) is 20.8. The third kappa shape index (κ3) is 2.33. The van der Waals surface area contributed by atoms with Gasteiger partial charge in [-0.05, 0) is 25.7 Å². The SMILES string of the molecule is Cc1ccc[c-]c1C1=C(O)C2(CCCCC2)OC1=O.[W]. The minimum atomic E-state index is -0.763. The van der Waals surface area contributed by atoms with Crippen molar-refractivity contribution in [3.63, 3.8) is 0 Å². The molecule has 1 aliphatic heterocycles. The summed E-state index contributed by atoms with van der Waals surface area (Å²) in [4.78, 5) is 12.2. The van der Waals surface area contributed by atoms with Crippen molar-refractivity contribution in [2.24, 2.45) is 0 Å². The van der Waals surface area contributed by atoms with Crippen molar-refractivity contribution in [1.29, 1.82) is 0 Å². The van der Waals surface area contributed by atoms with E-state index in [0.29, 0.717) is 11.1 Å². The molecule has 106 valence electrons. The second-order valence-electron chi connectivity index (χ2n) is 5.40. The van der Waals surface area contributed by atoms with Gasteiger partial charge in [0.25, 0.3) is 5.97 Å². The Bertz CT molecular complexity index is 557. The van der Waals surface area contributed by atoms with Crippen LogP contribution < -0.4 is 0 Å². The molecule has 1 fully saturated rings. The van der Waals surface area contributed by atoms with Gasteiger partial charge in [-0.2, -0.15) is 0 Å². The maximum absolute atomic E-state index is 12.2. The predicted molar refractivity (Wildman–Crippen MR) is 71.5 cm³/mol. The second kappa shape index (κ2) is 5.73. The fourth-order valence-electron chi connectivity index (χ4n) is 3.07. The monoisotopic (exact) mass is 441 g/mol. The number of benzene rings is 1. The molecule has 0 atom stereocenters. The van der Waals surface area contributed by atoms with Crippen LogP contribution in [0.3, 0.4) is 0 Å². The van der Waals surface area contributed by atoms with E-state index < -0.39 is 11.6 Å². The number of esters is 1. The van der Waals surface area contributed by atoms with E-state index in [0.717, 1.165) is 37.7 Å². The van der Waals surface area contributed by atoms with Crippen LogP contribution in [0.5, 0.6) is 0 Å². The molecule has 0 unspecified atom stereocenters. The Morgan fingerprint density at radius 2 is 2.00 bits per heavy atom. The summed E-state index contributed by atoms with van der Waals surface area (Å²) in [6.07, 6.45) is 4.56. The molecule has 0 amide bonds. The van der Waals surface area contributed by atoms with E-state index in [2.05, 4.69) is 6.07 Å². The van der Waals surface area contributed by atoms with Crippen molar-refractivity contribution in [3.8, 4) is 0 Å². The number of aliphatic hydroxyl groups is 1. The van der Waals surface area contributed by atoms with Crippen LogP contribution in [0.15, 0.2) is 24.0 Å². The van der Waals surface area contributed by atoms with Gasteiger partial charge in [-0.25, -0.2) is 0 Å². The summed E-state index contributed by atoms with van der Waals surface area (Å²) >= 11 is 0. The molecule has 1 aliphatic carbocycles. The molecule has 0 radical (unpaired) electrons. The number of aryl methyl sites for hydroxylation is 1. The minimum absolute atomic E-state index is 0. The first-order valence-electron chi connectivity index (χ1n) is 6.79. The molecule has 1 saturated carbocycles. The Hall–Kier alpha value is -1.08. The average Bonchev–Trinajstić information content (AvgIpc) is 2.63. The van der Waals surface area contributed by atoms with Gasteiger partial charge in [0.05, 0.1) is 0 Å². The van der Waals surface area contributed by atoms with E-state index in [1.165, 1.54) is 0 Å². The van der Waals surface area contributed by atoms with Crippen LogP contribution in [0.25, 0.3) is 5.57 Å². The fourth-order valence-corrected chi connectivity index (χ4v) is 3.07. The Morgan fingerprint density at radius 3 is 2.65 bits per heavy atom. The Balaban J connectivity index is 0.00000147. The fraction of sp³-hybridized carbons (Fsp3) is 0.438. The zero-order chi connectivity index (χ0) is 13.5. The van der Waals surface area contributed by atoms with Gasteiger partial charge in [-0.1, -0.05) is 13.3 Å². The average molecular weight is 441 g/mol. The number of hydrogen-bond donors (Lipinski definition) is 1. The molecule has 2 aliphatic rings. The first kappa shape index (κ1) is 15.3. The van der Waals surface area contributed by atoms with Crippen LogP contribution in [-0.2, 0) is 30.6 Å². The van der Waals surface area contributed by atoms with Gasteiger partial charge in [0, 0.05) is 26.6 Å². The molecule has 1 spiro atoms. The molecular weight excluding hydrogens is 424 g/mol. The van der Waals surface area contributed by atoms with Crippen molar-refractivity contribution in [1.82, 2.24) is 0 Å². The van der Waals surface area contributed by atoms with E-state index in [-0.39, 0.29) is 26.8 Å². The van der Waals surface area contributed by atoms with Crippen molar-refractivity contribution >= 4 is 11.5 Å². The van der Waals surface area contributed by atoms with Crippen LogP contribution in [0.4, 0.5) is 0 Å². The van der Waals surface area contributed by atoms with Crippen molar-refractivity contribution in [2.75, 3.05) is 0 Å². The van der Waals surface area contributed by atoms with Crippen molar-refractivity contribution in [2.45, 2.75) is 44.6 Å². The third-order valence-corrected chi connectivity index (χ3v) is 4.14. The number of carbonyl (C=O) groups excluding carboxylic acids is 1. The Morgan fingerprint density at radius 1 is 1.30 bits per heavy atom. The predicted octanol–water partition coefficient (Wildman–Crippen LogP) is 3.32. The molecule has 0 saturated heterocycles. The summed E-state index contributed by atoms with van der Waals surface area (Å²) in [6.45, 7) is 1.91. The number of rotatable bonds is 1.